The third-order valence-corrected chi connectivity index (χ3v) is 3.80. The predicted octanol–water partition coefficient (Wildman–Crippen LogP) is 2.19. The highest BCUT2D eigenvalue weighted by molar-refractivity contribution is 5.96. The summed E-state index contributed by atoms with van der Waals surface area (Å²) in [4.78, 5) is 12.5. The summed E-state index contributed by atoms with van der Waals surface area (Å²) < 4.78 is 9.02. The van der Waals surface area contributed by atoms with Gasteiger partial charge in [0.05, 0.1) is 12.6 Å². The normalized spacial score (nSPS) is 12.4. The van der Waals surface area contributed by atoms with E-state index in [1.54, 1.807) is 36.2 Å². The minimum atomic E-state index is 0.0274. The molecular weight excluding hydrogens is 280 g/mol. The maximum atomic E-state index is 12.5. The van der Waals surface area contributed by atoms with Crippen LogP contribution in [0.4, 0.5) is 0 Å². The molecule has 0 unspecified atom stereocenters. The van der Waals surface area contributed by atoms with Gasteiger partial charge in [-0.05, 0) is 32.9 Å². The van der Waals surface area contributed by atoms with Crippen LogP contribution in [0.1, 0.15) is 34.7 Å². The second kappa shape index (κ2) is 6.75. The number of methoxy groups -OCH3 is 1. The van der Waals surface area contributed by atoms with Gasteiger partial charge in [0.1, 0.15) is 0 Å². The van der Waals surface area contributed by atoms with Gasteiger partial charge in [-0.2, -0.15) is 4.57 Å². The highest BCUT2D eigenvalue weighted by Gasteiger charge is 2.21. The third kappa shape index (κ3) is 3.36. The van der Waals surface area contributed by atoms with Crippen LogP contribution in [0.15, 0.2) is 30.6 Å². The van der Waals surface area contributed by atoms with Gasteiger partial charge in [0, 0.05) is 30.1 Å². The Hall–Kier alpha value is -2.14. The monoisotopic (exact) mass is 303 g/mol. The summed E-state index contributed by atoms with van der Waals surface area (Å²) in [7, 11) is 1.68. The second-order valence-electron chi connectivity index (χ2n) is 5.62. The van der Waals surface area contributed by atoms with Crippen LogP contribution in [-0.4, -0.2) is 29.2 Å². The van der Waals surface area contributed by atoms with Gasteiger partial charge in [-0.25, -0.2) is 0 Å². The molecule has 5 nitrogen and oxygen atoms in total. The van der Waals surface area contributed by atoms with E-state index >= 15 is 0 Å². The number of carbonyl (C=O) groups is 1. The summed E-state index contributed by atoms with van der Waals surface area (Å²) >= 11 is 0. The number of carbonyl (C=O) groups excluding carboxylic acids is 1. The van der Waals surface area contributed by atoms with Gasteiger partial charge in [-0.3, -0.25) is 4.79 Å². The number of aromatic hydroxyl groups is 1. The molecule has 2 rings (SSSR count). The van der Waals surface area contributed by atoms with Crippen molar-refractivity contribution in [3.05, 3.63) is 47.5 Å². The number of aromatic nitrogens is 2. The molecule has 0 bridgehead atoms. The van der Waals surface area contributed by atoms with Crippen LogP contribution in [0.2, 0.25) is 0 Å². The van der Waals surface area contributed by atoms with Crippen LogP contribution in [-0.2, 0) is 11.3 Å². The lowest BCUT2D eigenvalue weighted by molar-refractivity contribution is -0.683. The van der Waals surface area contributed by atoms with Crippen molar-refractivity contribution in [3.63, 3.8) is 0 Å². The van der Waals surface area contributed by atoms with Crippen molar-refractivity contribution >= 4 is 5.78 Å². The Morgan fingerprint density at radius 3 is 2.82 bits per heavy atom. The van der Waals surface area contributed by atoms with E-state index in [2.05, 4.69) is 11.5 Å². The zero-order chi connectivity index (χ0) is 16.3. The fourth-order valence-electron chi connectivity index (χ4n) is 2.91. The summed E-state index contributed by atoms with van der Waals surface area (Å²) in [6.45, 7) is 6.83. The van der Waals surface area contributed by atoms with Crippen LogP contribution in [0, 0.1) is 13.8 Å². The molecule has 0 saturated heterocycles. The smallest absolute Gasteiger partial charge is 0.229 e. The zero-order valence-corrected chi connectivity index (χ0v) is 13.5. The summed E-state index contributed by atoms with van der Waals surface area (Å²) in [6.07, 6.45) is 3.31. The van der Waals surface area contributed by atoms with Gasteiger partial charge in [0.25, 0.3) is 0 Å². The summed E-state index contributed by atoms with van der Waals surface area (Å²) in [5.74, 6) is 0.175. The van der Waals surface area contributed by atoms with E-state index in [4.69, 9.17) is 4.74 Å². The van der Waals surface area contributed by atoms with Gasteiger partial charge in [0.15, 0.2) is 11.9 Å². The van der Waals surface area contributed by atoms with Crippen LogP contribution in [0.5, 0.6) is 5.75 Å². The minimum Gasteiger partial charge on any atom is -0.503 e. The first kappa shape index (κ1) is 16.2. The van der Waals surface area contributed by atoms with Crippen LogP contribution < -0.4 is 4.57 Å². The fourth-order valence-corrected chi connectivity index (χ4v) is 2.91. The molecular formula is C17H23N2O3+. The van der Waals surface area contributed by atoms with Crippen molar-refractivity contribution in [1.82, 2.24) is 4.57 Å². The Bertz CT molecular complexity index is 677. The Kier molecular flexibility index (Phi) is 4.98. The number of hydrogen-bond donors (Lipinski definition) is 1. The zero-order valence-electron chi connectivity index (χ0n) is 13.5. The largest absolute Gasteiger partial charge is 0.503 e. The van der Waals surface area contributed by atoms with Gasteiger partial charge >= 0.3 is 0 Å². The van der Waals surface area contributed by atoms with E-state index in [1.807, 2.05) is 19.9 Å². The first-order valence-electron chi connectivity index (χ1n) is 7.32. The van der Waals surface area contributed by atoms with E-state index in [1.165, 1.54) is 0 Å². The molecule has 0 aliphatic heterocycles. The molecule has 5 heteroatoms. The number of ketones is 1. The molecule has 2 aromatic rings. The topological polar surface area (TPSA) is 55.3 Å². The Morgan fingerprint density at radius 1 is 1.45 bits per heavy atom. The minimum absolute atomic E-state index is 0.0274. The van der Waals surface area contributed by atoms with E-state index < -0.39 is 0 Å². The predicted molar refractivity (Wildman–Crippen MR) is 83.1 cm³/mol. The van der Waals surface area contributed by atoms with Gasteiger partial charge in [-0.1, -0.05) is 0 Å². The van der Waals surface area contributed by atoms with Crippen LogP contribution in [0.25, 0.3) is 0 Å². The van der Waals surface area contributed by atoms with E-state index in [0.717, 1.165) is 17.0 Å². The molecule has 118 valence electrons. The molecule has 0 aromatic carbocycles. The van der Waals surface area contributed by atoms with Gasteiger partial charge in [-0.15, -0.1) is 0 Å². The van der Waals surface area contributed by atoms with Gasteiger partial charge in [0.2, 0.25) is 18.5 Å². The Balaban J connectivity index is 2.25. The fraction of sp³-hybridized carbons (Fsp3) is 0.412. The van der Waals surface area contributed by atoms with Crippen molar-refractivity contribution in [2.75, 3.05) is 13.7 Å². The maximum Gasteiger partial charge on any atom is 0.229 e. The molecule has 0 aliphatic carbocycles. The average Bonchev–Trinajstić information content (AvgIpc) is 2.74. The number of hydrogen-bond acceptors (Lipinski definition) is 3. The molecule has 0 saturated carbocycles. The lowest BCUT2D eigenvalue weighted by atomic mass is 10.1. The van der Waals surface area contributed by atoms with Crippen molar-refractivity contribution in [2.45, 2.75) is 33.4 Å². The second-order valence-corrected chi connectivity index (χ2v) is 5.62. The number of pyridine rings is 1. The SMILES string of the molecule is COC[C@@H](C)n1c(C)cc(C(=O)C[n+]2cccc(O)c2)c1C. The van der Waals surface area contributed by atoms with Crippen molar-refractivity contribution < 1.29 is 19.2 Å². The molecule has 0 aliphatic rings. The first-order valence-corrected chi connectivity index (χ1v) is 7.32. The number of aryl methyl sites for hydroxylation is 1. The standard InChI is InChI=1S/C17H22N2O3/c1-12-8-16(14(3)19(12)13(2)11-22-4)17(21)10-18-7-5-6-15(20)9-18/h5-9,13H,10-11H2,1-4H3/p+1/t13-/m1/s1. The summed E-state index contributed by atoms with van der Waals surface area (Å²) in [6, 6.07) is 5.40. The molecule has 0 spiro atoms. The van der Waals surface area contributed by atoms with Gasteiger partial charge < -0.3 is 14.4 Å². The molecule has 0 amide bonds. The Labute approximate surface area is 130 Å². The van der Waals surface area contributed by atoms with Crippen molar-refractivity contribution in [2.24, 2.45) is 0 Å². The quantitative estimate of drug-likeness (QED) is 0.657. The molecule has 1 N–H and O–H groups in total. The number of nitrogens with zero attached hydrogens (tertiary/aromatic N) is 2. The van der Waals surface area contributed by atoms with Crippen molar-refractivity contribution in [1.29, 1.82) is 0 Å². The summed E-state index contributed by atoms with van der Waals surface area (Å²) in [5, 5.41) is 9.48. The average molecular weight is 303 g/mol. The third-order valence-electron chi connectivity index (χ3n) is 3.80. The molecule has 1 atom stereocenters. The molecule has 0 radical (unpaired) electrons. The highest BCUT2D eigenvalue weighted by atomic mass is 16.5. The van der Waals surface area contributed by atoms with E-state index in [0.29, 0.717) is 6.61 Å². The lowest BCUT2D eigenvalue weighted by Crippen LogP contribution is -2.37. The maximum absolute atomic E-state index is 12.5. The number of Topliss-reactive ketones (excluding diaryl/α,β-unsaturated/α-hetero) is 1. The number of ether oxygens (including phenoxy) is 1. The highest BCUT2D eigenvalue weighted by Crippen LogP contribution is 2.21. The Morgan fingerprint density at radius 2 is 2.18 bits per heavy atom. The van der Waals surface area contributed by atoms with E-state index in [-0.39, 0.29) is 24.1 Å². The molecule has 2 heterocycles. The molecule has 0 fully saturated rings. The first-order chi connectivity index (χ1) is 10.4. The van der Waals surface area contributed by atoms with E-state index in [9.17, 15) is 9.90 Å². The lowest BCUT2D eigenvalue weighted by Gasteiger charge is -2.17. The summed E-state index contributed by atoms with van der Waals surface area (Å²) in [5.41, 5.74) is 2.72. The van der Waals surface area contributed by atoms with Crippen molar-refractivity contribution in [3.8, 4) is 5.75 Å². The van der Waals surface area contributed by atoms with Crippen LogP contribution >= 0.6 is 0 Å². The number of rotatable bonds is 6. The molecule has 2 aromatic heterocycles. The molecule has 22 heavy (non-hydrogen) atoms. The van der Waals surface area contributed by atoms with Crippen LogP contribution in [0.3, 0.4) is 0 Å².